The Morgan fingerprint density at radius 2 is 1.69 bits per heavy atom. The Morgan fingerprint density at radius 1 is 1.00 bits per heavy atom. The summed E-state index contributed by atoms with van der Waals surface area (Å²) in [5.41, 5.74) is 4.91. The van der Waals surface area contributed by atoms with Crippen molar-refractivity contribution >= 4 is 28.1 Å². The highest BCUT2D eigenvalue weighted by atomic mass is 32.1. The Bertz CT molecular complexity index is 1610. The van der Waals surface area contributed by atoms with Crippen LogP contribution in [0.3, 0.4) is 0 Å². The minimum absolute atomic E-state index is 0.0230. The molecule has 0 saturated heterocycles. The zero-order chi connectivity index (χ0) is 26.8. The smallest absolute Gasteiger partial charge is 0.270 e. The van der Waals surface area contributed by atoms with Crippen molar-refractivity contribution in [3.8, 4) is 11.1 Å². The molecule has 1 aliphatic rings. The van der Waals surface area contributed by atoms with Crippen LogP contribution >= 0.6 is 11.3 Å². The van der Waals surface area contributed by atoms with Crippen molar-refractivity contribution in [2.45, 2.75) is 32.4 Å². The fourth-order valence-corrected chi connectivity index (χ4v) is 6.03. The standard InChI is InChI=1S/C32H30N4O2S/c1-22-29(35-18-19-39-32(35)34-22)30(37)33-20-28(25-16-17-25)36(21-23-10-4-2-5-11-23)31(38)27-15-9-8-14-26(27)24-12-6-3-7-13-24/h2-15,18-19,25,28H,16-17,20-21H2,1H3,(H,33,37). The third-order valence-corrected chi connectivity index (χ3v) is 8.15. The van der Waals surface area contributed by atoms with Gasteiger partial charge in [-0.3, -0.25) is 14.0 Å². The van der Waals surface area contributed by atoms with Crippen molar-refractivity contribution in [3.05, 3.63) is 119 Å². The highest BCUT2D eigenvalue weighted by Gasteiger charge is 2.38. The summed E-state index contributed by atoms with van der Waals surface area (Å²) in [5, 5.41) is 5.09. The van der Waals surface area contributed by atoms with Gasteiger partial charge in [-0.15, -0.1) is 11.3 Å². The topological polar surface area (TPSA) is 66.7 Å². The van der Waals surface area contributed by atoms with E-state index in [-0.39, 0.29) is 17.9 Å². The molecule has 2 aromatic heterocycles. The third-order valence-electron chi connectivity index (χ3n) is 7.39. The minimum atomic E-state index is -0.166. The predicted octanol–water partition coefficient (Wildman–Crippen LogP) is 6.22. The Balaban J connectivity index is 1.32. The lowest BCUT2D eigenvalue weighted by molar-refractivity contribution is 0.0623. The molecule has 1 N–H and O–H groups in total. The van der Waals surface area contributed by atoms with Crippen molar-refractivity contribution in [2.24, 2.45) is 5.92 Å². The summed E-state index contributed by atoms with van der Waals surface area (Å²) in [6.45, 7) is 2.71. The highest BCUT2D eigenvalue weighted by molar-refractivity contribution is 7.15. The van der Waals surface area contributed by atoms with Crippen LogP contribution in [0.25, 0.3) is 16.1 Å². The quantitative estimate of drug-likeness (QED) is 0.244. The number of hydrogen-bond acceptors (Lipinski definition) is 4. The third kappa shape index (κ3) is 5.22. The first-order valence-electron chi connectivity index (χ1n) is 13.3. The van der Waals surface area contributed by atoms with Gasteiger partial charge >= 0.3 is 0 Å². The highest BCUT2D eigenvalue weighted by Crippen LogP contribution is 2.37. The molecule has 7 heteroatoms. The van der Waals surface area contributed by atoms with Gasteiger partial charge in [0.25, 0.3) is 11.8 Å². The Kier molecular flexibility index (Phi) is 6.99. The number of benzene rings is 3. The SMILES string of the molecule is Cc1nc2sccn2c1C(=O)NCC(C1CC1)N(Cc1ccccc1)C(=O)c1ccccc1-c1ccccc1. The van der Waals surface area contributed by atoms with Crippen LogP contribution in [0.15, 0.2) is 96.5 Å². The fraction of sp³-hybridized carbons (Fsp3) is 0.219. The molecule has 1 aliphatic carbocycles. The number of rotatable bonds is 9. The number of aryl methyl sites for hydroxylation is 1. The van der Waals surface area contributed by atoms with Crippen molar-refractivity contribution in [1.29, 1.82) is 0 Å². The van der Waals surface area contributed by atoms with Gasteiger partial charge in [0.1, 0.15) is 5.69 Å². The second kappa shape index (κ2) is 10.9. The van der Waals surface area contributed by atoms with E-state index in [0.717, 1.165) is 34.5 Å². The van der Waals surface area contributed by atoms with Crippen molar-refractivity contribution in [1.82, 2.24) is 19.6 Å². The van der Waals surface area contributed by atoms with Crippen molar-refractivity contribution in [3.63, 3.8) is 0 Å². The summed E-state index contributed by atoms with van der Waals surface area (Å²) in [6.07, 6.45) is 3.96. The molecule has 0 radical (unpaired) electrons. The molecule has 39 heavy (non-hydrogen) atoms. The lowest BCUT2D eigenvalue weighted by atomic mass is 9.97. The monoisotopic (exact) mass is 534 g/mol. The zero-order valence-corrected chi connectivity index (χ0v) is 22.6. The summed E-state index contributed by atoms with van der Waals surface area (Å²) in [4.78, 5) is 35.1. The number of amides is 2. The molecule has 0 spiro atoms. The van der Waals surface area contributed by atoms with E-state index in [9.17, 15) is 9.59 Å². The van der Waals surface area contributed by atoms with Gasteiger partial charge < -0.3 is 10.2 Å². The number of thiazole rings is 1. The van der Waals surface area contributed by atoms with Gasteiger partial charge in [-0.05, 0) is 48.4 Å². The normalized spacial score (nSPS) is 13.8. The number of aromatic nitrogens is 2. The number of nitrogens with one attached hydrogen (secondary N) is 1. The molecule has 196 valence electrons. The molecule has 3 aromatic carbocycles. The van der Waals surface area contributed by atoms with E-state index in [1.54, 1.807) is 0 Å². The summed E-state index contributed by atoms with van der Waals surface area (Å²) >= 11 is 1.51. The Labute approximate surface area is 231 Å². The second-order valence-electron chi connectivity index (χ2n) is 10.0. The average Bonchev–Trinajstić information content (AvgIpc) is 3.63. The van der Waals surface area contributed by atoms with E-state index in [1.807, 2.05) is 101 Å². The van der Waals surface area contributed by atoms with Crippen molar-refractivity contribution in [2.75, 3.05) is 6.54 Å². The lowest BCUT2D eigenvalue weighted by Gasteiger charge is -2.33. The van der Waals surface area contributed by atoms with Gasteiger partial charge in [-0.25, -0.2) is 4.98 Å². The predicted molar refractivity (Wildman–Crippen MR) is 155 cm³/mol. The number of carbonyl (C=O) groups excluding carboxylic acids is 2. The van der Waals surface area contributed by atoms with E-state index in [1.165, 1.54) is 11.3 Å². The summed E-state index contributed by atoms with van der Waals surface area (Å²) in [7, 11) is 0. The van der Waals surface area contributed by atoms with Gasteiger partial charge in [-0.2, -0.15) is 0 Å². The molecule has 0 bridgehead atoms. The van der Waals surface area contributed by atoms with Crippen molar-refractivity contribution < 1.29 is 9.59 Å². The van der Waals surface area contributed by atoms with Gasteiger partial charge in [0.2, 0.25) is 0 Å². The van der Waals surface area contributed by atoms with Crippen LogP contribution in [-0.2, 0) is 6.54 Å². The fourth-order valence-electron chi connectivity index (χ4n) is 5.27. The van der Waals surface area contributed by atoms with Gasteiger partial charge in [0.05, 0.1) is 11.7 Å². The summed E-state index contributed by atoms with van der Waals surface area (Å²) in [5.74, 6) is 0.153. The first-order chi connectivity index (χ1) is 19.1. The molecule has 6 rings (SSSR count). The Morgan fingerprint density at radius 3 is 2.44 bits per heavy atom. The van der Waals surface area contributed by atoms with E-state index in [2.05, 4.69) is 22.4 Å². The average molecular weight is 535 g/mol. The van der Waals surface area contributed by atoms with Crippen LogP contribution in [0.5, 0.6) is 0 Å². The molecule has 1 fully saturated rings. The number of nitrogens with zero attached hydrogens (tertiary/aromatic N) is 3. The van der Waals surface area contributed by atoms with Gasteiger partial charge in [0.15, 0.2) is 4.96 Å². The van der Waals surface area contributed by atoms with E-state index < -0.39 is 0 Å². The molecule has 1 saturated carbocycles. The van der Waals surface area contributed by atoms with Crippen LogP contribution in [0.4, 0.5) is 0 Å². The molecule has 5 aromatic rings. The number of hydrogen-bond donors (Lipinski definition) is 1. The van der Waals surface area contributed by atoms with Gasteiger partial charge in [0, 0.05) is 30.2 Å². The summed E-state index contributed by atoms with van der Waals surface area (Å²) < 4.78 is 1.84. The van der Waals surface area contributed by atoms with Crippen LogP contribution < -0.4 is 5.32 Å². The van der Waals surface area contributed by atoms with E-state index in [4.69, 9.17) is 0 Å². The molecule has 0 aliphatic heterocycles. The first kappa shape index (κ1) is 25.1. The van der Waals surface area contributed by atoms with Crippen LogP contribution in [-0.4, -0.2) is 38.7 Å². The second-order valence-corrected chi connectivity index (χ2v) is 10.9. The minimum Gasteiger partial charge on any atom is -0.349 e. The number of imidazole rings is 1. The van der Waals surface area contributed by atoms with E-state index >= 15 is 0 Å². The van der Waals surface area contributed by atoms with Gasteiger partial charge in [-0.1, -0.05) is 78.9 Å². The van der Waals surface area contributed by atoms with Crippen LogP contribution in [0.2, 0.25) is 0 Å². The van der Waals surface area contributed by atoms with Crippen LogP contribution in [0.1, 0.15) is 44.9 Å². The number of fused-ring (bicyclic) bond motifs is 1. The molecule has 1 atom stereocenters. The maximum absolute atomic E-state index is 14.4. The zero-order valence-electron chi connectivity index (χ0n) is 21.8. The maximum Gasteiger partial charge on any atom is 0.270 e. The molecule has 2 heterocycles. The molecular weight excluding hydrogens is 504 g/mol. The first-order valence-corrected chi connectivity index (χ1v) is 14.2. The summed E-state index contributed by atoms with van der Waals surface area (Å²) in [6, 6.07) is 27.8. The molecule has 1 unspecified atom stereocenters. The van der Waals surface area contributed by atoms with E-state index in [0.29, 0.717) is 36.0 Å². The van der Waals surface area contributed by atoms with Crippen LogP contribution in [0, 0.1) is 12.8 Å². The largest absolute Gasteiger partial charge is 0.349 e. The molecule has 6 nitrogen and oxygen atoms in total. The number of carbonyl (C=O) groups is 2. The molecular formula is C32H30N4O2S. The lowest BCUT2D eigenvalue weighted by Crippen LogP contribution is -2.48. The Hall–Kier alpha value is -4.23. The molecule has 2 amide bonds. The maximum atomic E-state index is 14.4.